The smallest absolute Gasteiger partial charge is 0.258 e. The summed E-state index contributed by atoms with van der Waals surface area (Å²) in [5, 5.41) is 0.485. The highest BCUT2D eigenvalue weighted by atomic mass is 16.5. The van der Waals surface area contributed by atoms with Gasteiger partial charge in [0.25, 0.3) is 5.56 Å². The summed E-state index contributed by atoms with van der Waals surface area (Å²) >= 11 is 0. The van der Waals surface area contributed by atoms with Crippen LogP contribution in [-0.2, 0) is 0 Å². The van der Waals surface area contributed by atoms with E-state index < -0.39 is 0 Å². The fourth-order valence-corrected chi connectivity index (χ4v) is 1.95. The third-order valence-electron chi connectivity index (χ3n) is 3.03. The molecule has 3 N–H and O–H groups in total. The summed E-state index contributed by atoms with van der Waals surface area (Å²) in [6, 6.07) is 3.34. The first-order chi connectivity index (χ1) is 9.22. The van der Waals surface area contributed by atoms with E-state index in [1.807, 2.05) is 0 Å². The van der Waals surface area contributed by atoms with Crippen LogP contribution < -0.4 is 16.0 Å². The van der Waals surface area contributed by atoms with E-state index >= 15 is 0 Å². The Bertz CT molecular complexity index is 607. The van der Waals surface area contributed by atoms with Crippen LogP contribution in [0.3, 0.4) is 0 Å². The van der Waals surface area contributed by atoms with Crippen LogP contribution in [0.15, 0.2) is 23.3 Å². The van der Waals surface area contributed by atoms with Crippen LogP contribution in [-0.4, -0.2) is 16.6 Å². The van der Waals surface area contributed by atoms with E-state index in [1.54, 1.807) is 12.1 Å². The van der Waals surface area contributed by atoms with Gasteiger partial charge >= 0.3 is 0 Å². The zero-order chi connectivity index (χ0) is 13.7. The molecule has 0 saturated heterocycles. The molecule has 1 aromatic carbocycles. The molecule has 0 unspecified atom stereocenters. The van der Waals surface area contributed by atoms with Crippen molar-refractivity contribution in [2.24, 2.45) is 0 Å². The fourth-order valence-electron chi connectivity index (χ4n) is 1.95. The van der Waals surface area contributed by atoms with Gasteiger partial charge in [-0.25, -0.2) is 4.98 Å². The number of nitrogen functional groups attached to an aromatic ring is 1. The molecule has 0 aliphatic carbocycles. The number of unbranched alkanes of at least 4 members (excludes halogenated alkanes) is 3. The lowest BCUT2D eigenvalue weighted by atomic mass is 10.2. The summed E-state index contributed by atoms with van der Waals surface area (Å²) in [6.07, 6.45) is 5.96. The van der Waals surface area contributed by atoms with Crippen molar-refractivity contribution in [2.45, 2.75) is 32.6 Å². The van der Waals surface area contributed by atoms with Crippen LogP contribution in [0.5, 0.6) is 5.75 Å². The van der Waals surface area contributed by atoms with Gasteiger partial charge in [0.2, 0.25) is 0 Å². The molecule has 102 valence electrons. The molecule has 0 amide bonds. The van der Waals surface area contributed by atoms with Gasteiger partial charge in [-0.1, -0.05) is 26.2 Å². The Balaban J connectivity index is 2.11. The Hall–Kier alpha value is -2.04. The highest BCUT2D eigenvalue weighted by molar-refractivity contribution is 5.84. The minimum absolute atomic E-state index is 0.189. The van der Waals surface area contributed by atoms with Gasteiger partial charge in [0.05, 0.1) is 29.5 Å². The van der Waals surface area contributed by atoms with Gasteiger partial charge in [0.1, 0.15) is 5.75 Å². The molecular formula is C14H19N3O2. The lowest BCUT2D eigenvalue weighted by molar-refractivity contribution is 0.307. The SMILES string of the molecule is CCCCCCOc1cc2nc[nH]c(=O)c2cc1N. The zero-order valence-electron chi connectivity index (χ0n) is 11.1. The largest absolute Gasteiger partial charge is 0.491 e. The molecule has 1 aromatic heterocycles. The second kappa shape index (κ2) is 6.22. The monoisotopic (exact) mass is 261 g/mol. The van der Waals surface area contributed by atoms with E-state index in [2.05, 4.69) is 16.9 Å². The van der Waals surface area contributed by atoms with E-state index in [-0.39, 0.29) is 5.56 Å². The first-order valence-corrected chi connectivity index (χ1v) is 6.62. The van der Waals surface area contributed by atoms with Crippen LogP contribution in [0.1, 0.15) is 32.6 Å². The number of aromatic amines is 1. The predicted molar refractivity (Wildman–Crippen MR) is 76.4 cm³/mol. The molecule has 0 spiro atoms. The van der Waals surface area contributed by atoms with Gasteiger partial charge in [-0.3, -0.25) is 4.79 Å². The fraction of sp³-hybridized carbons (Fsp3) is 0.429. The van der Waals surface area contributed by atoms with Crippen LogP contribution in [0.2, 0.25) is 0 Å². The number of nitrogens with two attached hydrogens (primary N) is 1. The van der Waals surface area contributed by atoms with Crippen molar-refractivity contribution in [2.75, 3.05) is 12.3 Å². The summed E-state index contributed by atoms with van der Waals surface area (Å²) in [5.74, 6) is 0.599. The first-order valence-electron chi connectivity index (χ1n) is 6.62. The van der Waals surface area contributed by atoms with Crippen LogP contribution in [0, 0.1) is 0 Å². The number of aromatic nitrogens is 2. The number of rotatable bonds is 6. The Morgan fingerprint density at radius 3 is 2.95 bits per heavy atom. The topological polar surface area (TPSA) is 81.0 Å². The zero-order valence-corrected chi connectivity index (χ0v) is 11.1. The summed E-state index contributed by atoms with van der Waals surface area (Å²) in [5.41, 5.74) is 6.77. The van der Waals surface area contributed by atoms with Gasteiger partial charge < -0.3 is 15.5 Å². The predicted octanol–water partition coefficient (Wildman–Crippen LogP) is 2.46. The van der Waals surface area contributed by atoms with Gasteiger partial charge in [-0.15, -0.1) is 0 Å². The molecule has 0 aliphatic heterocycles. The van der Waals surface area contributed by atoms with Gasteiger partial charge in [0.15, 0.2) is 0 Å². The lowest BCUT2D eigenvalue weighted by Gasteiger charge is -2.09. The van der Waals surface area contributed by atoms with Crippen LogP contribution in [0.4, 0.5) is 5.69 Å². The standard InChI is InChI=1S/C14H19N3O2/c1-2-3-4-5-6-19-13-8-12-10(7-11(13)15)14(18)17-9-16-12/h7-9H,2-6,15H2,1H3,(H,16,17,18). The number of nitrogens with zero attached hydrogens (tertiary/aromatic N) is 1. The number of H-pyrrole nitrogens is 1. The number of fused-ring (bicyclic) bond motifs is 1. The Kier molecular flexibility index (Phi) is 4.39. The molecule has 19 heavy (non-hydrogen) atoms. The molecule has 0 atom stereocenters. The Morgan fingerprint density at radius 1 is 1.32 bits per heavy atom. The highest BCUT2D eigenvalue weighted by Crippen LogP contribution is 2.25. The van der Waals surface area contributed by atoms with Crippen LogP contribution in [0.25, 0.3) is 10.9 Å². The van der Waals surface area contributed by atoms with E-state index in [4.69, 9.17) is 10.5 Å². The minimum atomic E-state index is -0.189. The number of benzene rings is 1. The van der Waals surface area contributed by atoms with Crippen molar-refractivity contribution in [1.82, 2.24) is 9.97 Å². The summed E-state index contributed by atoms with van der Waals surface area (Å²) < 4.78 is 5.65. The van der Waals surface area contributed by atoms with Crippen LogP contribution >= 0.6 is 0 Å². The molecule has 0 fully saturated rings. The maximum absolute atomic E-state index is 11.6. The molecular weight excluding hydrogens is 242 g/mol. The van der Waals surface area contributed by atoms with Crippen molar-refractivity contribution in [1.29, 1.82) is 0 Å². The number of anilines is 1. The summed E-state index contributed by atoms with van der Waals surface area (Å²) in [4.78, 5) is 18.2. The molecule has 2 aromatic rings. The number of hydrogen-bond acceptors (Lipinski definition) is 4. The molecule has 0 bridgehead atoms. The normalized spacial score (nSPS) is 10.8. The third kappa shape index (κ3) is 3.24. The quantitative estimate of drug-likeness (QED) is 0.618. The molecule has 0 saturated carbocycles. The van der Waals surface area contributed by atoms with Gasteiger partial charge in [0, 0.05) is 6.07 Å². The van der Waals surface area contributed by atoms with Crippen molar-refractivity contribution < 1.29 is 4.74 Å². The van der Waals surface area contributed by atoms with Crippen molar-refractivity contribution in [3.05, 3.63) is 28.8 Å². The lowest BCUT2D eigenvalue weighted by Crippen LogP contribution is -2.08. The van der Waals surface area contributed by atoms with E-state index in [9.17, 15) is 4.79 Å². The molecule has 5 heteroatoms. The number of hydrogen-bond donors (Lipinski definition) is 2. The maximum atomic E-state index is 11.6. The number of ether oxygens (including phenoxy) is 1. The second-order valence-electron chi connectivity index (χ2n) is 4.55. The third-order valence-corrected chi connectivity index (χ3v) is 3.03. The molecule has 0 aliphatic rings. The maximum Gasteiger partial charge on any atom is 0.258 e. The minimum Gasteiger partial charge on any atom is -0.491 e. The summed E-state index contributed by atoms with van der Waals surface area (Å²) in [6.45, 7) is 2.81. The second-order valence-corrected chi connectivity index (χ2v) is 4.55. The first kappa shape index (κ1) is 13.4. The van der Waals surface area contributed by atoms with E-state index in [0.29, 0.717) is 28.9 Å². The van der Waals surface area contributed by atoms with Gasteiger partial charge in [-0.2, -0.15) is 0 Å². The van der Waals surface area contributed by atoms with E-state index in [1.165, 1.54) is 19.2 Å². The molecule has 5 nitrogen and oxygen atoms in total. The van der Waals surface area contributed by atoms with E-state index in [0.717, 1.165) is 12.8 Å². The average Bonchev–Trinajstić information content (AvgIpc) is 2.40. The highest BCUT2D eigenvalue weighted by Gasteiger charge is 2.06. The molecule has 0 radical (unpaired) electrons. The Labute approximate surface area is 111 Å². The molecule has 1 heterocycles. The van der Waals surface area contributed by atoms with Crippen molar-refractivity contribution in [3.8, 4) is 5.75 Å². The Morgan fingerprint density at radius 2 is 2.16 bits per heavy atom. The van der Waals surface area contributed by atoms with Crippen molar-refractivity contribution >= 4 is 16.6 Å². The number of nitrogens with one attached hydrogen (secondary N) is 1. The van der Waals surface area contributed by atoms with Crippen molar-refractivity contribution in [3.63, 3.8) is 0 Å². The molecule has 2 rings (SSSR count). The summed E-state index contributed by atoms with van der Waals surface area (Å²) in [7, 11) is 0. The van der Waals surface area contributed by atoms with Gasteiger partial charge in [-0.05, 0) is 12.5 Å². The average molecular weight is 261 g/mol.